The summed E-state index contributed by atoms with van der Waals surface area (Å²) in [5, 5.41) is 0. The van der Waals surface area contributed by atoms with Crippen LogP contribution in [0.15, 0.2) is 24.3 Å². The van der Waals surface area contributed by atoms with Crippen molar-refractivity contribution in [2.45, 2.75) is 13.8 Å². The first-order valence-corrected chi connectivity index (χ1v) is 7.52. The van der Waals surface area contributed by atoms with Crippen LogP contribution in [-0.4, -0.2) is 30.6 Å². The highest BCUT2D eigenvalue weighted by Crippen LogP contribution is 2.18. The third-order valence-electron chi connectivity index (χ3n) is 2.39. The van der Waals surface area contributed by atoms with E-state index in [4.69, 9.17) is 15.2 Å². The van der Waals surface area contributed by atoms with Gasteiger partial charge in [0.25, 0.3) is 0 Å². The molecular weight excluding hydrogens is 262 g/mol. The van der Waals surface area contributed by atoms with Crippen LogP contribution < -0.4 is 15.2 Å². The van der Waals surface area contributed by atoms with E-state index in [2.05, 4.69) is 6.92 Å². The summed E-state index contributed by atoms with van der Waals surface area (Å²) in [6.07, 6.45) is 0. The average Bonchev–Trinajstić information content (AvgIpc) is 2.41. The molecule has 0 amide bonds. The van der Waals surface area contributed by atoms with Crippen LogP contribution in [0.3, 0.4) is 0 Å². The molecule has 106 valence electrons. The smallest absolute Gasteiger partial charge is 0.321 e. The number of thioether (sulfide) groups is 1. The monoisotopic (exact) mass is 283 g/mol. The molecule has 0 aliphatic carbocycles. The van der Waals surface area contributed by atoms with Crippen molar-refractivity contribution in [1.29, 1.82) is 0 Å². The molecule has 1 aromatic rings. The van der Waals surface area contributed by atoms with Crippen molar-refractivity contribution < 1.29 is 14.3 Å². The topological polar surface area (TPSA) is 61.5 Å². The fourth-order valence-electron chi connectivity index (χ4n) is 1.34. The van der Waals surface area contributed by atoms with Gasteiger partial charge >= 0.3 is 5.97 Å². The molecule has 0 aliphatic rings. The Bertz CT molecular complexity index is 381. The second-order valence-electron chi connectivity index (χ2n) is 4.23. The molecular formula is C14H21NO3S. The van der Waals surface area contributed by atoms with E-state index in [1.54, 1.807) is 36.0 Å². The van der Waals surface area contributed by atoms with Crippen molar-refractivity contribution in [2.24, 2.45) is 11.7 Å². The first kappa shape index (κ1) is 15.9. The predicted molar refractivity (Wildman–Crippen MR) is 78.8 cm³/mol. The van der Waals surface area contributed by atoms with Crippen LogP contribution in [-0.2, 0) is 4.79 Å². The van der Waals surface area contributed by atoms with Crippen LogP contribution >= 0.6 is 11.8 Å². The maximum atomic E-state index is 11.6. The maximum Gasteiger partial charge on any atom is 0.321 e. The molecule has 4 nitrogen and oxygen atoms in total. The van der Waals surface area contributed by atoms with Crippen LogP contribution in [0.2, 0.25) is 0 Å². The lowest BCUT2D eigenvalue weighted by Gasteiger charge is -2.08. The van der Waals surface area contributed by atoms with Crippen LogP contribution in [0.5, 0.6) is 11.5 Å². The zero-order valence-corrected chi connectivity index (χ0v) is 12.2. The third-order valence-corrected chi connectivity index (χ3v) is 3.64. The molecule has 1 rings (SSSR count). The number of nitrogens with two attached hydrogens (primary N) is 1. The number of rotatable bonds is 8. The lowest BCUT2D eigenvalue weighted by Crippen LogP contribution is -2.16. The molecule has 0 saturated carbocycles. The number of carbonyl (C=O) groups excluding carboxylic acids is 1. The molecule has 0 fully saturated rings. The fraction of sp³-hybridized carbons (Fsp3) is 0.500. The van der Waals surface area contributed by atoms with Gasteiger partial charge in [0.1, 0.15) is 11.5 Å². The van der Waals surface area contributed by atoms with Gasteiger partial charge in [0.05, 0.1) is 12.4 Å². The molecule has 0 aromatic heterocycles. The fourth-order valence-corrected chi connectivity index (χ4v) is 2.22. The van der Waals surface area contributed by atoms with Gasteiger partial charge in [-0.05, 0) is 49.4 Å². The predicted octanol–water partition coefficient (Wildman–Crippen LogP) is 2.32. The van der Waals surface area contributed by atoms with Gasteiger partial charge in [-0.2, -0.15) is 0 Å². The van der Waals surface area contributed by atoms with Crippen LogP contribution in [0.1, 0.15) is 13.8 Å². The third kappa shape index (κ3) is 6.50. The Hall–Kier alpha value is -1.20. The summed E-state index contributed by atoms with van der Waals surface area (Å²) in [5.74, 6) is 2.71. The highest BCUT2D eigenvalue weighted by atomic mass is 32.2. The first-order valence-electron chi connectivity index (χ1n) is 6.37. The molecule has 5 heteroatoms. The highest BCUT2D eigenvalue weighted by Gasteiger charge is 2.07. The molecule has 1 aromatic carbocycles. The summed E-state index contributed by atoms with van der Waals surface area (Å²) < 4.78 is 10.5. The molecule has 0 radical (unpaired) electrons. The van der Waals surface area contributed by atoms with Crippen molar-refractivity contribution in [3.05, 3.63) is 24.3 Å². The van der Waals surface area contributed by atoms with E-state index in [0.29, 0.717) is 30.6 Å². The Morgan fingerprint density at radius 1 is 1.32 bits per heavy atom. The van der Waals surface area contributed by atoms with Gasteiger partial charge in [-0.1, -0.05) is 6.92 Å². The lowest BCUT2D eigenvalue weighted by molar-refractivity contribution is -0.131. The van der Waals surface area contributed by atoms with E-state index in [1.807, 2.05) is 6.92 Å². The Morgan fingerprint density at radius 2 is 1.95 bits per heavy atom. The number of carbonyl (C=O) groups is 1. The molecule has 1 atom stereocenters. The Balaban J connectivity index is 2.31. The Kier molecular flexibility index (Phi) is 7.36. The normalized spacial score (nSPS) is 11.9. The minimum Gasteiger partial charge on any atom is -0.494 e. The summed E-state index contributed by atoms with van der Waals surface area (Å²) in [7, 11) is 0. The molecule has 0 saturated heterocycles. The first-order chi connectivity index (χ1) is 9.15. The van der Waals surface area contributed by atoms with Gasteiger partial charge in [-0.25, -0.2) is 0 Å². The van der Waals surface area contributed by atoms with E-state index in [0.717, 1.165) is 11.5 Å². The van der Waals surface area contributed by atoms with Crippen molar-refractivity contribution in [2.75, 3.05) is 24.7 Å². The molecule has 0 spiro atoms. The van der Waals surface area contributed by atoms with Crippen LogP contribution in [0, 0.1) is 5.92 Å². The van der Waals surface area contributed by atoms with Crippen molar-refractivity contribution in [1.82, 2.24) is 0 Å². The van der Waals surface area contributed by atoms with Crippen LogP contribution in [0.25, 0.3) is 0 Å². The van der Waals surface area contributed by atoms with Crippen LogP contribution in [0.4, 0.5) is 0 Å². The van der Waals surface area contributed by atoms with Crippen molar-refractivity contribution in [3.63, 3.8) is 0 Å². The number of benzene rings is 1. The quantitative estimate of drug-likeness (QED) is 0.586. The van der Waals surface area contributed by atoms with E-state index >= 15 is 0 Å². The van der Waals surface area contributed by atoms with Gasteiger partial charge in [0.15, 0.2) is 0 Å². The van der Waals surface area contributed by atoms with Gasteiger partial charge in [-0.3, -0.25) is 4.79 Å². The van der Waals surface area contributed by atoms with Gasteiger partial charge in [0.2, 0.25) is 0 Å². The number of hydrogen-bond acceptors (Lipinski definition) is 5. The van der Waals surface area contributed by atoms with Crippen molar-refractivity contribution in [3.8, 4) is 11.5 Å². The van der Waals surface area contributed by atoms with E-state index in [1.165, 1.54) is 0 Å². The second kappa shape index (κ2) is 8.82. The molecule has 2 N–H and O–H groups in total. The minimum absolute atomic E-state index is 0.238. The SMILES string of the molecule is CCOc1ccc(OC(=O)CSCC(C)CN)cc1. The van der Waals surface area contributed by atoms with Gasteiger partial charge in [-0.15, -0.1) is 11.8 Å². The zero-order chi connectivity index (χ0) is 14.1. The molecule has 0 aliphatic heterocycles. The highest BCUT2D eigenvalue weighted by molar-refractivity contribution is 7.99. The Morgan fingerprint density at radius 3 is 2.53 bits per heavy atom. The van der Waals surface area contributed by atoms with E-state index in [-0.39, 0.29) is 5.97 Å². The van der Waals surface area contributed by atoms with E-state index in [9.17, 15) is 4.79 Å². The second-order valence-corrected chi connectivity index (χ2v) is 5.26. The number of ether oxygens (including phenoxy) is 2. The largest absolute Gasteiger partial charge is 0.494 e. The van der Waals surface area contributed by atoms with Crippen molar-refractivity contribution >= 4 is 17.7 Å². The summed E-state index contributed by atoms with van der Waals surface area (Å²) in [4.78, 5) is 11.6. The minimum atomic E-state index is -0.238. The lowest BCUT2D eigenvalue weighted by atomic mass is 10.2. The average molecular weight is 283 g/mol. The molecule has 1 unspecified atom stereocenters. The molecule has 0 heterocycles. The summed E-state index contributed by atoms with van der Waals surface area (Å²) in [6.45, 7) is 5.24. The summed E-state index contributed by atoms with van der Waals surface area (Å²) >= 11 is 1.55. The van der Waals surface area contributed by atoms with Gasteiger partial charge < -0.3 is 15.2 Å². The summed E-state index contributed by atoms with van der Waals surface area (Å²) in [5.41, 5.74) is 5.51. The van der Waals surface area contributed by atoms with E-state index < -0.39 is 0 Å². The Labute approximate surface area is 118 Å². The zero-order valence-electron chi connectivity index (χ0n) is 11.4. The molecule has 19 heavy (non-hydrogen) atoms. The summed E-state index contributed by atoms with van der Waals surface area (Å²) in [6, 6.07) is 7.04. The maximum absolute atomic E-state index is 11.6. The molecule has 0 bridgehead atoms. The standard InChI is InChI=1S/C14H21NO3S/c1-3-17-12-4-6-13(7-5-12)18-14(16)10-19-9-11(2)8-15/h4-7,11H,3,8-10,15H2,1-2H3. The van der Waals surface area contributed by atoms with Gasteiger partial charge in [0, 0.05) is 0 Å². The number of esters is 1. The number of hydrogen-bond donors (Lipinski definition) is 1.